The second-order valence-electron chi connectivity index (χ2n) is 3.44. The van der Waals surface area contributed by atoms with Crippen molar-refractivity contribution in [2.45, 2.75) is 26.7 Å². The molecule has 0 bridgehead atoms. The fraction of sp³-hybridized carbons (Fsp3) is 0.444. The van der Waals surface area contributed by atoms with Crippen LogP contribution in [0.15, 0.2) is 6.20 Å². The Balaban J connectivity index is 2.61. The van der Waals surface area contributed by atoms with Crippen molar-refractivity contribution in [1.29, 1.82) is 0 Å². The summed E-state index contributed by atoms with van der Waals surface area (Å²) >= 11 is 0. The Hall–Kier alpha value is -1.45. The van der Waals surface area contributed by atoms with Crippen molar-refractivity contribution in [3.8, 4) is 0 Å². The summed E-state index contributed by atoms with van der Waals surface area (Å²) in [5, 5.41) is 0. The molecule has 4 nitrogen and oxygen atoms in total. The maximum atomic E-state index is 4.37. The summed E-state index contributed by atoms with van der Waals surface area (Å²) in [4.78, 5) is 15.9. The summed E-state index contributed by atoms with van der Waals surface area (Å²) in [5.41, 5.74) is 1.66. The first-order valence-corrected chi connectivity index (χ1v) is 4.36. The summed E-state index contributed by atoms with van der Waals surface area (Å²) in [6.07, 6.45) is 1.77. The van der Waals surface area contributed by atoms with Crippen LogP contribution >= 0.6 is 0 Å². The fourth-order valence-electron chi connectivity index (χ4n) is 1.22. The number of fused-ring (bicyclic) bond motifs is 1. The highest BCUT2D eigenvalue weighted by atomic mass is 15.0. The third kappa shape index (κ3) is 1.39. The molecule has 2 aromatic rings. The molecule has 1 N–H and O–H groups in total. The van der Waals surface area contributed by atoms with Crippen LogP contribution in [0.5, 0.6) is 0 Å². The van der Waals surface area contributed by atoms with Crippen molar-refractivity contribution < 1.29 is 0 Å². The van der Waals surface area contributed by atoms with E-state index >= 15 is 0 Å². The van der Waals surface area contributed by atoms with E-state index in [-0.39, 0.29) is 0 Å². The van der Waals surface area contributed by atoms with Crippen LogP contribution < -0.4 is 0 Å². The molecule has 0 aliphatic heterocycles. The summed E-state index contributed by atoms with van der Waals surface area (Å²) in [7, 11) is 0. The van der Waals surface area contributed by atoms with Crippen LogP contribution in [-0.2, 0) is 0 Å². The molecule has 0 radical (unpaired) electrons. The van der Waals surface area contributed by atoms with Gasteiger partial charge in [-0.25, -0.2) is 15.0 Å². The monoisotopic (exact) mass is 176 g/mol. The SMILES string of the molecule is Cc1nc2cnc(C(C)C)nc2[nH]1. The number of aromatic nitrogens is 4. The van der Waals surface area contributed by atoms with Gasteiger partial charge in [0.15, 0.2) is 5.65 Å². The van der Waals surface area contributed by atoms with Gasteiger partial charge >= 0.3 is 0 Å². The Bertz CT molecular complexity index is 430. The zero-order valence-electron chi connectivity index (χ0n) is 8.00. The van der Waals surface area contributed by atoms with Gasteiger partial charge in [-0.05, 0) is 6.92 Å². The van der Waals surface area contributed by atoms with Crippen LogP contribution in [0.3, 0.4) is 0 Å². The normalized spacial score (nSPS) is 11.4. The molecule has 0 aliphatic rings. The Kier molecular flexibility index (Phi) is 1.76. The van der Waals surface area contributed by atoms with Crippen molar-refractivity contribution in [3.63, 3.8) is 0 Å². The minimum Gasteiger partial charge on any atom is -0.327 e. The number of H-pyrrole nitrogens is 1. The van der Waals surface area contributed by atoms with Crippen molar-refractivity contribution in [3.05, 3.63) is 17.8 Å². The Morgan fingerprint density at radius 1 is 1.31 bits per heavy atom. The summed E-state index contributed by atoms with van der Waals surface area (Å²) in [5.74, 6) is 2.09. The number of aryl methyl sites for hydroxylation is 1. The first-order valence-electron chi connectivity index (χ1n) is 4.36. The van der Waals surface area contributed by atoms with Gasteiger partial charge in [0.2, 0.25) is 0 Å². The number of nitrogens with zero attached hydrogens (tertiary/aromatic N) is 3. The number of rotatable bonds is 1. The highest BCUT2D eigenvalue weighted by Gasteiger charge is 2.06. The van der Waals surface area contributed by atoms with Crippen molar-refractivity contribution in [2.24, 2.45) is 0 Å². The fourth-order valence-corrected chi connectivity index (χ4v) is 1.22. The number of imidazole rings is 1. The van der Waals surface area contributed by atoms with E-state index in [1.54, 1.807) is 6.20 Å². The zero-order chi connectivity index (χ0) is 9.42. The number of hydrogen-bond acceptors (Lipinski definition) is 3. The molecule has 2 heterocycles. The lowest BCUT2D eigenvalue weighted by atomic mass is 10.2. The lowest BCUT2D eigenvalue weighted by Gasteiger charge is -2.00. The second-order valence-corrected chi connectivity index (χ2v) is 3.44. The molecule has 0 atom stereocenters. The van der Waals surface area contributed by atoms with Crippen LogP contribution in [-0.4, -0.2) is 19.9 Å². The molecule has 2 rings (SSSR count). The van der Waals surface area contributed by atoms with Gasteiger partial charge in [-0.2, -0.15) is 0 Å². The molecule has 0 fully saturated rings. The second kappa shape index (κ2) is 2.80. The van der Waals surface area contributed by atoms with Gasteiger partial charge in [-0.1, -0.05) is 13.8 Å². The third-order valence-electron chi connectivity index (χ3n) is 1.89. The summed E-state index contributed by atoms with van der Waals surface area (Å²) < 4.78 is 0. The molecule has 0 saturated heterocycles. The first kappa shape index (κ1) is 8.16. The predicted molar refractivity (Wildman–Crippen MR) is 50.5 cm³/mol. The minimum atomic E-state index is 0.355. The van der Waals surface area contributed by atoms with E-state index in [0.717, 1.165) is 22.8 Å². The largest absolute Gasteiger partial charge is 0.327 e. The van der Waals surface area contributed by atoms with E-state index < -0.39 is 0 Å². The van der Waals surface area contributed by atoms with Gasteiger partial charge in [0, 0.05) is 5.92 Å². The minimum absolute atomic E-state index is 0.355. The maximum Gasteiger partial charge on any atom is 0.161 e. The topological polar surface area (TPSA) is 54.5 Å². The van der Waals surface area contributed by atoms with Gasteiger partial charge < -0.3 is 4.98 Å². The highest BCUT2D eigenvalue weighted by molar-refractivity contribution is 5.69. The van der Waals surface area contributed by atoms with Crippen molar-refractivity contribution >= 4 is 11.2 Å². The lowest BCUT2D eigenvalue weighted by molar-refractivity contribution is 0.781. The number of aromatic amines is 1. The molecule has 0 amide bonds. The predicted octanol–water partition coefficient (Wildman–Crippen LogP) is 1.78. The molecule has 0 aliphatic carbocycles. The van der Waals surface area contributed by atoms with E-state index in [9.17, 15) is 0 Å². The van der Waals surface area contributed by atoms with E-state index in [2.05, 4.69) is 33.8 Å². The highest BCUT2D eigenvalue weighted by Crippen LogP contribution is 2.12. The average Bonchev–Trinajstić information content (AvgIpc) is 2.42. The molecular weight excluding hydrogens is 164 g/mol. The quantitative estimate of drug-likeness (QED) is 0.720. The molecule has 13 heavy (non-hydrogen) atoms. The van der Waals surface area contributed by atoms with E-state index in [1.165, 1.54) is 0 Å². The summed E-state index contributed by atoms with van der Waals surface area (Å²) in [6, 6.07) is 0. The van der Waals surface area contributed by atoms with Crippen LogP contribution in [0.25, 0.3) is 11.2 Å². The van der Waals surface area contributed by atoms with Gasteiger partial charge in [-0.3, -0.25) is 0 Å². The number of nitrogens with one attached hydrogen (secondary N) is 1. The lowest BCUT2D eigenvalue weighted by Crippen LogP contribution is -1.96. The zero-order valence-corrected chi connectivity index (χ0v) is 8.00. The smallest absolute Gasteiger partial charge is 0.161 e. The van der Waals surface area contributed by atoms with Crippen LogP contribution in [0.2, 0.25) is 0 Å². The van der Waals surface area contributed by atoms with E-state index in [0.29, 0.717) is 5.92 Å². The van der Waals surface area contributed by atoms with Crippen molar-refractivity contribution in [1.82, 2.24) is 19.9 Å². The van der Waals surface area contributed by atoms with Gasteiger partial charge in [0.25, 0.3) is 0 Å². The molecule has 0 saturated carbocycles. The standard InChI is InChI=1S/C9H12N4/c1-5(2)8-10-4-7-9(13-8)12-6(3)11-7/h4-5H,1-3H3,(H,10,11,12,13). The first-order chi connectivity index (χ1) is 6.16. The van der Waals surface area contributed by atoms with Crippen LogP contribution in [0.1, 0.15) is 31.4 Å². The molecule has 2 aromatic heterocycles. The molecule has 0 unspecified atom stereocenters. The average molecular weight is 176 g/mol. The Morgan fingerprint density at radius 2 is 2.08 bits per heavy atom. The van der Waals surface area contributed by atoms with Gasteiger partial charge in [0.05, 0.1) is 6.20 Å². The number of hydrogen-bond donors (Lipinski definition) is 1. The molecular formula is C9H12N4. The third-order valence-corrected chi connectivity index (χ3v) is 1.89. The molecule has 4 heteroatoms. The van der Waals surface area contributed by atoms with Crippen LogP contribution in [0, 0.1) is 6.92 Å². The molecule has 0 spiro atoms. The van der Waals surface area contributed by atoms with Gasteiger partial charge in [0.1, 0.15) is 17.2 Å². The van der Waals surface area contributed by atoms with Crippen LogP contribution in [0.4, 0.5) is 0 Å². The van der Waals surface area contributed by atoms with E-state index in [1.807, 2.05) is 6.92 Å². The Labute approximate surface area is 76.4 Å². The molecule has 68 valence electrons. The molecule has 0 aromatic carbocycles. The van der Waals surface area contributed by atoms with Crippen molar-refractivity contribution in [2.75, 3.05) is 0 Å². The van der Waals surface area contributed by atoms with Gasteiger partial charge in [-0.15, -0.1) is 0 Å². The Morgan fingerprint density at radius 3 is 2.77 bits per heavy atom. The summed E-state index contributed by atoms with van der Waals surface area (Å²) in [6.45, 7) is 6.06. The van der Waals surface area contributed by atoms with E-state index in [4.69, 9.17) is 0 Å². The maximum absolute atomic E-state index is 4.37.